The molecule has 0 spiro atoms. The molecular formula is C18H20N4O4S. The summed E-state index contributed by atoms with van der Waals surface area (Å²) in [7, 11) is 2.86. The number of aromatic nitrogens is 1. The number of amides is 1. The van der Waals surface area contributed by atoms with Crippen molar-refractivity contribution in [3.63, 3.8) is 0 Å². The lowest BCUT2D eigenvalue weighted by Gasteiger charge is -2.29. The van der Waals surface area contributed by atoms with Crippen LogP contribution >= 0.6 is 12.2 Å². The molecule has 0 radical (unpaired) electrons. The molecule has 0 aliphatic carbocycles. The van der Waals surface area contributed by atoms with E-state index in [0.29, 0.717) is 29.5 Å². The number of hydrogen-bond donors (Lipinski definition) is 1. The van der Waals surface area contributed by atoms with Crippen LogP contribution < -0.4 is 10.1 Å². The van der Waals surface area contributed by atoms with Gasteiger partial charge in [0.2, 0.25) is 0 Å². The first-order valence-corrected chi connectivity index (χ1v) is 8.83. The van der Waals surface area contributed by atoms with Crippen LogP contribution in [0.3, 0.4) is 0 Å². The van der Waals surface area contributed by atoms with E-state index in [1.54, 1.807) is 18.2 Å². The van der Waals surface area contributed by atoms with Crippen molar-refractivity contribution in [2.24, 2.45) is 0 Å². The van der Waals surface area contributed by atoms with Gasteiger partial charge < -0.3 is 14.8 Å². The van der Waals surface area contributed by atoms with E-state index in [1.807, 2.05) is 24.3 Å². The van der Waals surface area contributed by atoms with Crippen molar-refractivity contribution in [1.29, 1.82) is 0 Å². The lowest BCUT2D eigenvalue weighted by Crippen LogP contribution is -2.50. The van der Waals surface area contributed by atoms with Crippen LogP contribution in [0.5, 0.6) is 5.75 Å². The first kappa shape index (κ1) is 18.8. The number of hydrogen-bond acceptors (Lipinski definition) is 6. The zero-order valence-corrected chi connectivity index (χ0v) is 15.9. The number of rotatable bonds is 4. The Balaban J connectivity index is 1.83. The molecule has 0 saturated carbocycles. The molecule has 0 atom stereocenters. The van der Waals surface area contributed by atoms with E-state index >= 15 is 0 Å². The van der Waals surface area contributed by atoms with E-state index < -0.39 is 5.97 Å². The number of thiocarbonyl (C=S) groups is 1. The molecule has 142 valence electrons. The summed E-state index contributed by atoms with van der Waals surface area (Å²) in [6, 6.07) is 9.10. The second kappa shape index (κ2) is 8.17. The van der Waals surface area contributed by atoms with E-state index in [0.717, 1.165) is 11.8 Å². The minimum absolute atomic E-state index is 0.0596. The van der Waals surface area contributed by atoms with Gasteiger partial charge in [0, 0.05) is 24.5 Å². The van der Waals surface area contributed by atoms with E-state index in [2.05, 4.69) is 15.0 Å². The molecule has 2 aromatic rings. The fourth-order valence-corrected chi connectivity index (χ4v) is 3.16. The Bertz CT molecular complexity index is 889. The number of ether oxygens (including phenoxy) is 2. The molecule has 8 nitrogen and oxygen atoms in total. The zero-order chi connectivity index (χ0) is 19.4. The number of hydrazine groups is 1. The minimum Gasteiger partial charge on any atom is -0.496 e. The van der Waals surface area contributed by atoms with Gasteiger partial charge >= 0.3 is 5.97 Å². The Hall–Kier alpha value is -2.94. The summed E-state index contributed by atoms with van der Waals surface area (Å²) < 4.78 is 10.0. The van der Waals surface area contributed by atoms with Crippen LogP contribution in [-0.4, -0.2) is 65.8 Å². The Labute approximate surface area is 162 Å². The third kappa shape index (κ3) is 3.92. The molecule has 1 aliphatic rings. The van der Waals surface area contributed by atoms with Gasteiger partial charge in [0.25, 0.3) is 5.91 Å². The minimum atomic E-state index is -0.435. The molecule has 0 bridgehead atoms. The highest BCUT2D eigenvalue weighted by atomic mass is 32.1. The standard InChI is InChI=1S/C18H20N4O4S/c1-25-15-10-14(20-13-7-4-3-6-12(13)15)17(24)21-8-5-9-22(21)18(27)19-11-16(23)26-2/h3-4,6-7,10H,5,8-9,11H2,1-2H3,(H,19,27). The maximum absolute atomic E-state index is 13.1. The highest BCUT2D eigenvalue weighted by molar-refractivity contribution is 7.80. The number of benzene rings is 1. The number of para-hydroxylation sites is 1. The normalized spacial score (nSPS) is 13.6. The first-order valence-electron chi connectivity index (χ1n) is 8.43. The van der Waals surface area contributed by atoms with E-state index in [-0.39, 0.29) is 18.1 Å². The van der Waals surface area contributed by atoms with Gasteiger partial charge in [-0.2, -0.15) is 0 Å². The van der Waals surface area contributed by atoms with Gasteiger partial charge in [-0.15, -0.1) is 0 Å². The van der Waals surface area contributed by atoms with Crippen LogP contribution in [0.15, 0.2) is 30.3 Å². The SMILES string of the molecule is COC(=O)CNC(=S)N1CCCN1C(=O)c1cc(OC)c2ccccc2n1. The molecule has 1 amide bonds. The van der Waals surface area contributed by atoms with Crippen molar-refractivity contribution in [2.45, 2.75) is 6.42 Å². The summed E-state index contributed by atoms with van der Waals surface area (Å²) in [6.07, 6.45) is 0.760. The maximum atomic E-state index is 13.1. The van der Waals surface area contributed by atoms with Gasteiger partial charge in [0.1, 0.15) is 18.0 Å². The van der Waals surface area contributed by atoms with Crippen LogP contribution in [0, 0.1) is 0 Å². The molecular weight excluding hydrogens is 368 g/mol. The molecule has 2 heterocycles. The summed E-state index contributed by atoms with van der Waals surface area (Å²) in [5.74, 6) is -0.129. The molecule has 3 rings (SSSR count). The summed E-state index contributed by atoms with van der Waals surface area (Å²) >= 11 is 5.32. The van der Waals surface area contributed by atoms with Crippen LogP contribution in [0.1, 0.15) is 16.9 Å². The molecule has 1 N–H and O–H groups in total. The van der Waals surface area contributed by atoms with Gasteiger partial charge in [-0.05, 0) is 30.8 Å². The van der Waals surface area contributed by atoms with E-state index in [4.69, 9.17) is 17.0 Å². The second-order valence-corrected chi connectivity index (χ2v) is 6.25. The highest BCUT2D eigenvalue weighted by Gasteiger charge is 2.31. The summed E-state index contributed by atoms with van der Waals surface area (Å²) in [6.45, 7) is 1.02. The van der Waals surface area contributed by atoms with Gasteiger partial charge in [0.05, 0.1) is 19.7 Å². The molecule has 27 heavy (non-hydrogen) atoms. The van der Waals surface area contributed by atoms with E-state index in [9.17, 15) is 9.59 Å². The Morgan fingerprint density at radius 1 is 1.22 bits per heavy atom. The van der Waals surface area contributed by atoms with Crippen LogP contribution in [0.4, 0.5) is 0 Å². The molecule has 1 aromatic carbocycles. The number of fused-ring (bicyclic) bond motifs is 1. The van der Waals surface area contributed by atoms with Crippen molar-refractivity contribution < 1.29 is 19.1 Å². The molecule has 9 heteroatoms. The number of pyridine rings is 1. The largest absolute Gasteiger partial charge is 0.496 e. The Morgan fingerprint density at radius 3 is 2.70 bits per heavy atom. The molecule has 1 fully saturated rings. The van der Waals surface area contributed by atoms with Crippen molar-refractivity contribution in [1.82, 2.24) is 20.3 Å². The monoisotopic (exact) mass is 388 g/mol. The lowest BCUT2D eigenvalue weighted by atomic mass is 10.1. The molecule has 1 aliphatic heterocycles. The third-order valence-corrected chi connectivity index (χ3v) is 4.58. The average molecular weight is 388 g/mol. The summed E-state index contributed by atoms with van der Waals surface area (Å²) in [5.41, 5.74) is 0.950. The molecule has 1 saturated heterocycles. The third-order valence-electron chi connectivity index (χ3n) is 4.23. The predicted molar refractivity (Wildman–Crippen MR) is 103 cm³/mol. The summed E-state index contributed by atoms with van der Waals surface area (Å²) in [5, 5.41) is 7.11. The fraction of sp³-hybridized carbons (Fsp3) is 0.333. The predicted octanol–water partition coefficient (Wildman–Crippen LogP) is 1.35. The first-order chi connectivity index (χ1) is 13.0. The van der Waals surface area contributed by atoms with Gasteiger partial charge in [-0.25, -0.2) is 9.99 Å². The number of nitrogens with zero attached hydrogens (tertiary/aromatic N) is 3. The lowest BCUT2D eigenvalue weighted by molar-refractivity contribution is -0.139. The van der Waals surface area contributed by atoms with Crippen molar-refractivity contribution in [3.05, 3.63) is 36.0 Å². The fourth-order valence-electron chi connectivity index (χ4n) is 2.90. The van der Waals surface area contributed by atoms with Crippen LogP contribution in [0.2, 0.25) is 0 Å². The van der Waals surface area contributed by atoms with Crippen molar-refractivity contribution in [2.75, 3.05) is 33.9 Å². The van der Waals surface area contributed by atoms with Crippen molar-refractivity contribution >= 4 is 40.1 Å². The topological polar surface area (TPSA) is 84.0 Å². The van der Waals surface area contributed by atoms with Gasteiger partial charge in [-0.3, -0.25) is 14.6 Å². The Morgan fingerprint density at radius 2 is 1.96 bits per heavy atom. The molecule has 1 aromatic heterocycles. The molecule has 0 unspecified atom stereocenters. The van der Waals surface area contributed by atoms with Gasteiger partial charge in [-0.1, -0.05) is 12.1 Å². The Kier molecular flexibility index (Phi) is 5.70. The average Bonchev–Trinajstić information content (AvgIpc) is 3.20. The smallest absolute Gasteiger partial charge is 0.325 e. The van der Waals surface area contributed by atoms with Crippen LogP contribution in [-0.2, 0) is 9.53 Å². The number of carbonyl (C=O) groups excluding carboxylic acids is 2. The number of methoxy groups -OCH3 is 2. The highest BCUT2D eigenvalue weighted by Crippen LogP contribution is 2.26. The van der Waals surface area contributed by atoms with Crippen LogP contribution in [0.25, 0.3) is 10.9 Å². The number of esters is 1. The van der Waals surface area contributed by atoms with Gasteiger partial charge in [0.15, 0.2) is 5.11 Å². The zero-order valence-electron chi connectivity index (χ0n) is 15.1. The van der Waals surface area contributed by atoms with E-state index in [1.165, 1.54) is 12.1 Å². The van der Waals surface area contributed by atoms with Crippen molar-refractivity contribution in [3.8, 4) is 5.75 Å². The quantitative estimate of drug-likeness (QED) is 0.621. The second-order valence-electron chi connectivity index (χ2n) is 5.87. The summed E-state index contributed by atoms with van der Waals surface area (Å²) in [4.78, 5) is 28.8. The number of nitrogens with one attached hydrogen (secondary N) is 1. The number of carbonyl (C=O) groups is 2. The maximum Gasteiger partial charge on any atom is 0.325 e.